The molecule has 1 aliphatic heterocycles. The van der Waals surface area contributed by atoms with E-state index in [1.54, 1.807) is 0 Å². The molecule has 0 bridgehead atoms. The Labute approximate surface area is 161 Å². The summed E-state index contributed by atoms with van der Waals surface area (Å²) in [6.07, 6.45) is 4.35. The Hall–Kier alpha value is -2.13. The van der Waals surface area contributed by atoms with Crippen molar-refractivity contribution in [2.45, 2.75) is 32.6 Å². The third-order valence-corrected chi connectivity index (χ3v) is 4.29. The normalized spacial score (nSPS) is 14.4. The summed E-state index contributed by atoms with van der Waals surface area (Å²) < 4.78 is 9.71. The summed E-state index contributed by atoms with van der Waals surface area (Å²) in [6.45, 7) is 4.41. The van der Waals surface area contributed by atoms with Crippen molar-refractivity contribution in [1.29, 1.82) is 0 Å². The minimum Gasteiger partial charge on any atom is -0.466 e. The Balaban J connectivity index is 2.50. The van der Waals surface area contributed by atoms with Crippen molar-refractivity contribution >= 4 is 18.0 Å². The first-order valence-electron chi connectivity index (χ1n) is 9.28. The Morgan fingerprint density at radius 3 is 2.56 bits per heavy atom. The van der Waals surface area contributed by atoms with Crippen LogP contribution in [0.2, 0.25) is 0 Å². The highest BCUT2D eigenvalue weighted by atomic mass is 16.5. The van der Waals surface area contributed by atoms with Crippen molar-refractivity contribution in [1.82, 2.24) is 20.4 Å². The van der Waals surface area contributed by atoms with E-state index < -0.39 is 18.0 Å². The van der Waals surface area contributed by atoms with Gasteiger partial charge < -0.3 is 25.0 Å². The summed E-state index contributed by atoms with van der Waals surface area (Å²) in [7, 11) is 4.75. The van der Waals surface area contributed by atoms with E-state index in [-0.39, 0.29) is 18.7 Å². The van der Waals surface area contributed by atoms with E-state index in [4.69, 9.17) is 9.47 Å². The molecule has 0 spiro atoms. The van der Waals surface area contributed by atoms with Gasteiger partial charge in [-0.2, -0.15) is 0 Å². The molecule has 0 aromatic carbocycles. The fraction of sp³-hybridized carbons (Fsp3) is 0.722. The molecule has 2 N–H and O–H groups in total. The number of ether oxygens (including phenoxy) is 2. The van der Waals surface area contributed by atoms with Gasteiger partial charge in [-0.05, 0) is 33.0 Å². The third-order valence-electron chi connectivity index (χ3n) is 4.29. The molecule has 154 valence electrons. The van der Waals surface area contributed by atoms with E-state index in [9.17, 15) is 14.4 Å². The van der Waals surface area contributed by atoms with Gasteiger partial charge in [-0.1, -0.05) is 19.8 Å². The summed E-state index contributed by atoms with van der Waals surface area (Å²) in [6, 6.07) is -1.14. The monoisotopic (exact) mass is 384 g/mol. The second-order valence-electron chi connectivity index (χ2n) is 6.49. The van der Waals surface area contributed by atoms with Crippen molar-refractivity contribution in [2.24, 2.45) is 0 Å². The highest BCUT2D eigenvalue weighted by Crippen LogP contribution is 2.14. The van der Waals surface area contributed by atoms with Crippen molar-refractivity contribution in [3.63, 3.8) is 0 Å². The highest BCUT2D eigenvalue weighted by Gasteiger charge is 2.32. The topological polar surface area (TPSA) is 100 Å². The number of nitrogens with zero attached hydrogens (tertiary/aromatic N) is 2. The van der Waals surface area contributed by atoms with Crippen LogP contribution in [0.3, 0.4) is 0 Å². The van der Waals surface area contributed by atoms with Crippen LogP contribution in [-0.4, -0.2) is 81.9 Å². The van der Waals surface area contributed by atoms with Gasteiger partial charge in [-0.15, -0.1) is 0 Å². The summed E-state index contributed by atoms with van der Waals surface area (Å²) in [5.41, 5.74) is 0.511. The first-order chi connectivity index (χ1) is 12.9. The molecule has 9 heteroatoms. The van der Waals surface area contributed by atoms with Crippen LogP contribution in [0.4, 0.5) is 9.59 Å². The lowest BCUT2D eigenvalue weighted by molar-refractivity contribution is -0.136. The van der Waals surface area contributed by atoms with Gasteiger partial charge in [0.1, 0.15) is 0 Å². The van der Waals surface area contributed by atoms with Crippen LogP contribution in [0, 0.1) is 0 Å². The molecule has 27 heavy (non-hydrogen) atoms. The summed E-state index contributed by atoms with van der Waals surface area (Å²) >= 11 is 0. The number of hydrogen-bond acceptors (Lipinski definition) is 6. The zero-order chi connectivity index (χ0) is 20.2. The maximum atomic E-state index is 12.3. The number of hydrogen-bond donors (Lipinski definition) is 2. The maximum absolute atomic E-state index is 12.3. The predicted octanol–water partition coefficient (Wildman–Crippen LogP) is 1.31. The van der Waals surface area contributed by atoms with Gasteiger partial charge in [0.15, 0.2) is 0 Å². The Bertz CT molecular complexity index is 550. The van der Waals surface area contributed by atoms with Crippen LogP contribution in [0.15, 0.2) is 11.3 Å². The van der Waals surface area contributed by atoms with E-state index in [2.05, 4.69) is 29.5 Å². The lowest BCUT2D eigenvalue weighted by Gasteiger charge is -2.29. The van der Waals surface area contributed by atoms with Crippen LogP contribution in [0.5, 0.6) is 0 Å². The van der Waals surface area contributed by atoms with Crippen LogP contribution >= 0.6 is 0 Å². The zero-order valence-electron chi connectivity index (χ0n) is 16.8. The van der Waals surface area contributed by atoms with Crippen molar-refractivity contribution in [3.8, 4) is 0 Å². The third kappa shape index (κ3) is 7.56. The average molecular weight is 384 g/mol. The molecule has 4 amide bonds. The molecule has 0 fully saturated rings. The van der Waals surface area contributed by atoms with Crippen molar-refractivity contribution < 1.29 is 23.9 Å². The number of methoxy groups -OCH3 is 2. The number of amides is 4. The van der Waals surface area contributed by atoms with E-state index in [0.29, 0.717) is 12.2 Å². The fourth-order valence-corrected chi connectivity index (χ4v) is 2.72. The lowest BCUT2D eigenvalue weighted by atomic mass is 10.1. The van der Waals surface area contributed by atoms with Gasteiger partial charge in [0.2, 0.25) is 0 Å². The van der Waals surface area contributed by atoms with Crippen LogP contribution in [0.25, 0.3) is 0 Å². The molecule has 0 radical (unpaired) electrons. The number of urea groups is 2. The van der Waals surface area contributed by atoms with Crippen LogP contribution in [0.1, 0.15) is 32.6 Å². The van der Waals surface area contributed by atoms with Gasteiger partial charge >= 0.3 is 18.0 Å². The number of carbonyl (C=O) groups is 3. The number of imide groups is 1. The van der Waals surface area contributed by atoms with Crippen molar-refractivity contribution in [3.05, 3.63) is 11.3 Å². The first-order valence-corrected chi connectivity index (χ1v) is 9.28. The number of rotatable bonds is 11. The van der Waals surface area contributed by atoms with Gasteiger partial charge in [0, 0.05) is 13.7 Å². The van der Waals surface area contributed by atoms with Crippen molar-refractivity contribution in [2.75, 3.05) is 54.1 Å². The van der Waals surface area contributed by atoms with Crippen LogP contribution in [-0.2, 0) is 14.3 Å². The number of carbonyl (C=O) groups excluding carboxylic acids is 3. The molecule has 1 aliphatic rings. The van der Waals surface area contributed by atoms with Crippen LogP contribution < -0.4 is 10.6 Å². The number of esters is 1. The Morgan fingerprint density at radius 2 is 1.93 bits per heavy atom. The second kappa shape index (κ2) is 12.3. The van der Waals surface area contributed by atoms with Gasteiger partial charge in [0.05, 0.1) is 31.5 Å². The molecule has 0 aliphatic carbocycles. The molecule has 1 heterocycles. The Morgan fingerprint density at radius 1 is 1.22 bits per heavy atom. The molecule has 0 saturated carbocycles. The molecule has 9 nitrogen and oxygen atoms in total. The number of nitrogens with one attached hydrogen (secondary N) is 2. The molecule has 0 unspecified atom stereocenters. The Kier molecular flexibility index (Phi) is 10.4. The SMILES string of the molecule is CCCCCN(C)CCCNC(=O)N1CC(C(=O)OC)=C(COC)NC1=O. The average Bonchev–Trinajstić information content (AvgIpc) is 2.65. The van der Waals surface area contributed by atoms with E-state index in [0.717, 1.165) is 24.4 Å². The quantitative estimate of drug-likeness (QED) is 0.411. The minimum absolute atomic E-state index is 0.0516. The second-order valence-corrected chi connectivity index (χ2v) is 6.49. The predicted molar refractivity (Wildman–Crippen MR) is 101 cm³/mol. The molecule has 0 saturated heterocycles. The maximum Gasteiger partial charge on any atom is 0.337 e. The lowest BCUT2D eigenvalue weighted by Crippen LogP contribution is -2.53. The molecule has 1 rings (SSSR count). The van der Waals surface area contributed by atoms with Gasteiger partial charge in [-0.25, -0.2) is 19.3 Å². The first kappa shape index (κ1) is 22.9. The highest BCUT2D eigenvalue weighted by molar-refractivity contribution is 6.00. The molecule has 0 aromatic heterocycles. The van der Waals surface area contributed by atoms with Gasteiger partial charge in [-0.3, -0.25) is 0 Å². The minimum atomic E-state index is -0.603. The summed E-state index contributed by atoms with van der Waals surface area (Å²) in [5, 5.41) is 5.25. The largest absolute Gasteiger partial charge is 0.466 e. The van der Waals surface area contributed by atoms with Gasteiger partial charge in [0.25, 0.3) is 0 Å². The zero-order valence-corrected chi connectivity index (χ0v) is 16.8. The van der Waals surface area contributed by atoms with E-state index in [1.807, 2.05) is 0 Å². The molecular weight excluding hydrogens is 352 g/mol. The van der Waals surface area contributed by atoms with E-state index >= 15 is 0 Å². The summed E-state index contributed by atoms with van der Waals surface area (Å²) in [5.74, 6) is -0.603. The fourth-order valence-electron chi connectivity index (χ4n) is 2.72. The van der Waals surface area contributed by atoms with E-state index in [1.165, 1.54) is 33.5 Å². The molecule has 0 aromatic rings. The molecule has 0 atom stereocenters. The standard InChI is InChI=1S/C18H32N4O5/c1-5-6-7-10-21(2)11-8-9-19-17(24)22-12-14(16(23)27-4)15(13-26-3)20-18(22)25/h5-13H2,1-4H3,(H,19,24)(H,20,25). The smallest absolute Gasteiger partial charge is 0.337 e. The number of unbranched alkanes of at least 4 members (excludes halogenated alkanes) is 2. The molecular formula is C18H32N4O5. The summed E-state index contributed by atoms with van der Waals surface area (Å²) in [4.78, 5) is 39.6.